The Kier molecular flexibility index (Phi) is 3.65. The second-order valence-electron chi connectivity index (χ2n) is 5.66. The molecule has 0 aromatic heterocycles. The van der Waals surface area contributed by atoms with Crippen LogP contribution < -0.4 is 5.32 Å². The smallest absolute Gasteiger partial charge is 0.0480 e. The molecule has 0 saturated carbocycles. The van der Waals surface area contributed by atoms with E-state index < -0.39 is 0 Å². The summed E-state index contributed by atoms with van der Waals surface area (Å²) in [6.45, 7) is 11.3. The maximum atomic E-state index is 5.43. The van der Waals surface area contributed by atoms with Crippen molar-refractivity contribution >= 4 is 0 Å². The van der Waals surface area contributed by atoms with Crippen LogP contribution in [0.25, 0.3) is 0 Å². The lowest BCUT2D eigenvalue weighted by molar-refractivity contribution is 0.0265. The van der Waals surface area contributed by atoms with Crippen molar-refractivity contribution in [3.63, 3.8) is 0 Å². The summed E-state index contributed by atoms with van der Waals surface area (Å²) in [5, 5.41) is 3.53. The highest BCUT2D eigenvalue weighted by molar-refractivity contribution is 4.85. The van der Waals surface area contributed by atoms with Gasteiger partial charge in [-0.3, -0.25) is 4.90 Å². The predicted octanol–water partition coefficient (Wildman–Crippen LogP) is 1.10. The highest BCUT2D eigenvalue weighted by Gasteiger charge is 2.29. The van der Waals surface area contributed by atoms with Gasteiger partial charge >= 0.3 is 0 Å². The van der Waals surface area contributed by atoms with E-state index in [1.807, 2.05) is 0 Å². The Hall–Kier alpha value is -0.120. The second kappa shape index (κ2) is 4.81. The third kappa shape index (κ3) is 3.16. The number of nitrogens with one attached hydrogen (secondary N) is 1. The van der Waals surface area contributed by atoms with Crippen molar-refractivity contribution in [3.05, 3.63) is 0 Å². The van der Waals surface area contributed by atoms with Gasteiger partial charge in [0, 0.05) is 45.4 Å². The minimum Gasteiger partial charge on any atom is -0.381 e. The van der Waals surface area contributed by atoms with E-state index in [9.17, 15) is 0 Å². The van der Waals surface area contributed by atoms with Gasteiger partial charge in [0.15, 0.2) is 0 Å². The van der Waals surface area contributed by atoms with Crippen molar-refractivity contribution in [3.8, 4) is 0 Å². The largest absolute Gasteiger partial charge is 0.381 e. The molecule has 3 heteroatoms. The SMILES string of the molecule is CC1(C)CNCCN(C2CCOCC2)C1. The van der Waals surface area contributed by atoms with Crippen LogP contribution in [0, 0.1) is 5.41 Å². The molecule has 0 radical (unpaired) electrons. The van der Waals surface area contributed by atoms with Crippen LogP contribution in [0.3, 0.4) is 0 Å². The number of ether oxygens (including phenoxy) is 1. The van der Waals surface area contributed by atoms with Crippen molar-refractivity contribution in [2.45, 2.75) is 32.7 Å². The van der Waals surface area contributed by atoms with E-state index in [0.29, 0.717) is 5.41 Å². The van der Waals surface area contributed by atoms with E-state index in [2.05, 4.69) is 24.1 Å². The molecule has 0 atom stereocenters. The van der Waals surface area contributed by atoms with E-state index in [0.717, 1.165) is 32.3 Å². The van der Waals surface area contributed by atoms with Crippen LogP contribution in [0.1, 0.15) is 26.7 Å². The van der Waals surface area contributed by atoms with Gasteiger partial charge in [-0.1, -0.05) is 13.8 Å². The predicted molar refractivity (Wildman–Crippen MR) is 62.1 cm³/mol. The van der Waals surface area contributed by atoms with Crippen molar-refractivity contribution in [2.24, 2.45) is 5.41 Å². The minimum absolute atomic E-state index is 0.412. The summed E-state index contributed by atoms with van der Waals surface area (Å²) in [5.74, 6) is 0. The number of nitrogens with zero attached hydrogens (tertiary/aromatic N) is 1. The van der Waals surface area contributed by atoms with Gasteiger partial charge in [0.1, 0.15) is 0 Å². The Balaban J connectivity index is 1.94. The molecule has 2 rings (SSSR count). The fourth-order valence-electron chi connectivity index (χ4n) is 2.70. The number of hydrogen-bond donors (Lipinski definition) is 1. The van der Waals surface area contributed by atoms with Crippen LogP contribution in [0.4, 0.5) is 0 Å². The third-order valence-corrected chi connectivity index (χ3v) is 3.52. The van der Waals surface area contributed by atoms with Crippen LogP contribution in [0.5, 0.6) is 0 Å². The molecule has 2 saturated heterocycles. The Labute approximate surface area is 93.2 Å². The average Bonchev–Trinajstić information content (AvgIpc) is 2.41. The van der Waals surface area contributed by atoms with Crippen molar-refractivity contribution in [2.75, 3.05) is 39.4 Å². The Morgan fingerprint density at radius 3 is 2.73 bits per heavy atom. The summed E-state index contributed by atoms with van der Waals surface area (Å²) in [5.41, 5.74) is 0.412. The number of hydrogen-bond acceptors (Lipinski definition) is 3. The normalized spacial score (nSPS) is 30.0. The Morgan fingerprint density at radius 1 is 1.27 bits per heavy atom. The standard InChI is InChI=1S/C12H24N2O/c1-12(2)9-13-5-6-14(10-12)11-3-7-15-8-4-11/h11,13H,3-10H2,1-2H3. The van der Waals surface area contributed by atoms with E-state index >= 15 is 0 Å². The zero-order valence-electron chi connectivity index (χ0n) is 10.1. The fraction of sp³-hybridized carbons (Fsp3) is 1.00. The average molecular weight is 212 g/mol. The summed E-state index contributed by atoms with van der Waals surface area (Å²) in [7, 11) is 0. The first-order valence-corrected chi connectivity index (χ1v) is 6.20. The lowest BCUT2D eigenvalue weighted by Gasteiger charge is -2.37. The molecule has 2 aliphatic rings. The van der Waals surface area contributed by atoms with Crippen molar-refractivity contribution in [1.82, 2.24) is 10.2 Å². The molecule has 0 bridgehead atoms. The monoisotopic (exact) mass is 212 g/mol. The van der Waals surface area contributed by atoms with E-state index in [4.69, 9.17) is 4.74 Å². The van der Waals surface area contributed by atoms with Crippen LogP contribution >= 0.6 is 0 Å². The second-order valence-corrected chi connectivity index (χ2v) is 5.66. The molecule has 0 amide bonds. The molecular weight excluding hydrogens is 188 g/mol. The molecule has 3 nitrogen and oxygen atoms in total. The Bertz CT molecular complexity index is 200. The van der Waals surface area contributed by atoms with E-state index in [-0.39, 0.29) is 0 Å². The summed E-state index contributed by atoms with van der Waals surface area (Å²) in [6, 6.07) is 0.762. The first-order chi connectivity index (χ1) is 7.17. The van der Waals surface area contributed by atoms with Crippen molar-refractivity contribution in [1.29, 1.82) is 0 Å². The number of rotatable bonds is 1. The van der Waals surface area contributed by atoms with Gasteiger partial charge in [0.25, 0.3) is 0 Å². The summed E-state index contributed by atoms with van der Waals surface area (Å²) in [6.07, 6.45) is 2.44. The zero-order chi connectivity index (χ0) is 10.7. The lowest BCUT2D eigenvalue weighted by Crippen LogP contribution is -2.44. The summed E-state index contributed by atoms with van der Waals surface area (Å²) < 4.78 is 5.43. The van der Waals surface area contributed by atoms with Crippen LogP contribution in [-0.2, 0) is 4.74 Å². The molecule has 0 aliphatic carbocycles. The maximum absolute atomic E-state index is 5.43. The minimum atomic E-state index is 0.412. The highest BCUT2D eigenvalue weighted by Crippen LogP contribution is 2.22. The molecule has 2 fully saturated rings. The third-order valence-electron chi connectivity index (χ3n) is 3.52. The fourth-order valence-corrected chi connectivity index (χ4v) is 2.70. The van der Waals surface area contributed by atoms with Gasteiger partial charge in [-0.25, -0.2) is 0 Å². The van der Waals surface area contributed by atoms with Gasteiger partial charge in [0.05, 0.1) is 0 Å². The van der Waals surface area contributed by atoms with Crippen molar-refractivity contribution < 1.29 is 4.74 Å². The summed E-state index contributed by atoms with van der Waals surface area (Å²) >= 11 is 0. The molecular formula is C12H24N2O. The van der Waals surface area contributed by atoms with Gasteiger partial charge in [-0.15, -0.1) is 0 Å². The topological polar surface area (TPSA) is 24.5 Å². The molecule has 15 heavy (non-hydrogen) atoms. The molecule has 0 spiro atoms. The first kappa shape index (κ1) is 11.4. The quantitative estimate of drug-likeness (QED) is 0.704. The molecule has 2 heterocycles. The first-order valence-electron chi connectivity index (χ1n) is 6.20. The van der Waals surface area contributed by atoms with Gasteiger partial charge < -0.3 is 10.1 Å². The molecule has 0 aromatic carbocycles. The Morgan fingerprint density at radius 2 is 2.00 bits per heavy atom. The molecule has 88 valence electrons. The van der Waals surface area contributed by atoms with Gasteiger partial charge in [0.2, 0.25) is 0 Å². The molecule has 1 N–H and O–H groups in total. The maximum Gasteiger partial charge on any atom is 0.0480 e. The molecule has 0 unspecified atom stereocenters. The van der Waals surface area contributed by atoms with Crippen LogP contribution in [0.15, 0.2) is 0 Å². The molecule has 2 aliphatic heterocycles. The van der Waals surface area contributed by atoms with Gasteiger partial charge in [-0.2, -0.15) is 0 Å². The zero-order valence-corrected chi connectivity index (χ0v) is 10.1. The van der Waals surface area contributed by atoms with E-state index in [1.54, 1.807) is 0 Å². The van der Waals surface area contributed by atoms with Crippen LogP contribution in [0.2, 0.25) is 0 Å². The van der Waals surface area contributed by atoms with Gasteiger partial charge in [-0.05, 0) is 18.3 Å². The summed E-state index contributed by atoms with van der Waals surface area (Å²) in [4.78, 5) is 2.67. The van der Waals surface area contributed by atoms with E-state index in [1.165, 1.54) is 25.9 Å². The lowest BCUT2D eigenvalue weighted by atomic mass is 9.92. The van der Waals surface area contributed by atoms with Crippen LogP contribution in [-0.4, -0.2) is 50.3 Å². The highest BCUT2D eigenvalue weighted by atomic mass is 16.5. The molecule has 0 aromatic rings.